The van der Waals surface area contributed by atoms with E-state index in [-0.39, 0.29) is 18.1 Å². The first-order valence-electron chi connectivity index (χ1n) is 9.66. The Bertz CT molecular complexity index is 850. The topological polar surface area (TPSA) is 49.4 Å². The Labute approximate surface area is 175 Å². The quantitative estimate of drug-likeness (QED) is 0.710. The Morgan fingerprint density at radius 3 is 2.25 bits per heavy atom. The molecule has 1 aliphatic rings. The molecule has 0 spiro atoms. The van der Waals surface area contributed by atoms with Crippen molar-refractivity contribution in [2.75, 3.05) is 4.90 Å². The SMILES string of the molecule is CC1CCC(C)N1c1ccc(CC(=O)C(C)(C)NC(=O)c2ccc(Cl)s2)cc1. The van der Waals surface area contributed by atoms with E-state index in [2.05, 4.69) is 36.2 Å². The van der Waals surface area contributed by atoms with Crippen LogP contribution in [0, 0.1) is 0 Å². The number of carbonyl (C=O) groups is 2. The summed E-state index contributed by atoms with van der Waals surface area (Å²) in [6, 6.07) is 12.7. The number of benzene rings is 1. The summed E-state index contributed by atoms with van der Waals surface area (Å²) >= 11 is 7.10. The summed E-state index contributed by atoms with van der Waals surface area (Å²) in [5.74, 6) is -0.304. The van der Waals surface area contributed by atoms with Gasteiger partial charge < -0.3 is 10.2 Å². The molecule has 4 nitrogen and oxygen atoms in total. The van der Waals surface area contributed by atoms with Gasteiger partial charge in [-0.1, -0.05) is 23.7 Å². The van der Waals surface area contributed by atoms with Crippen LogP contribution in [-0.2, 0) is 11.2 Å². The van der Waals surface area contributed by atoms with E-state index in [0.29, 0.717) is 21.3 Å². The molecule has 0 saturated carbocycles. The zero-order valence-electron chi connectivity index (χ0n) is 16.8. The van der Waals surface area contributed by atoms with Gasteiger partial charge in [0.1, 0.15) is 0 Å². The molecule has 0 aliphatic carbocycles. The van der Waals surface area contributed by atoms with Gasteiger partial charge in [-0.15, -0.1) is 11.3 Å². The van der Waals surface area contributed by atoms with Crippen LogP contribution < -0.4 is 10.2 Å². The molecule has 2 heterocycles. The van der Waals surface area contributed by atoms with Gasteiger partial charge in [-0.05, 0) is 70.4 Å². The molecule has 1 fully saturated rings. The third-order valence-corrected chi connectivity index (χ3v) is 6.70. The van der Waals surface area contributed by atoms with E-state index in [1.807, 2.05) is 12.1 Å². The first kappa shape index (κ1) is 20.9. The Balaban J connectivity index is 1.64. The Kier molecular flexibility index (Phi) is 6.15. The van der Waals surface area contributed by atoms with Crippen LogP contribution in [0.5, 0.6) is 0 Å². The molecule has 0 radical (unpaired) electrons. The van der Waals surface area contributed by atoms with Gasteiger partial charge in [-0.3, -0.25) is 9.59 Å². The maximum absolute atomic E-state index is 12.8. The molecule has 1 amide bonds. The zero-order chi connectivity index (χ0) is 20.5. The molecule has 6 heteroatoms. The number of carbonyl (C=O) groups excluding carboxylic acids is 2. The lowest BCUT2D eigenvalue weighted by molar-refractivity contribution is -0.123. The van der Waals surface area contributed by atoms with Crippen molar-refractivity contribution < 1.29 is 9.59 Å². The molecule has 2 unspecified atom stereocenters. The predicted octanol–water partition coefficient (Wildman–Crippen LogP) is 5.10. The minimum atomic E-state index is -0.954. The van der Waals surface area contributed by atoms with Crippen LogP contribution in [-0.4, -0.2) is 29.3 Å². The summed E-state index contributed by atoms with van der Waals surface area (Å²) < 4.78 is 0.552. The van der Waals surface area contributed by atoms with Crippen LogP contribution in [0.15, 0.2) is 36.4 Å². The second-order valence-corrected chi connectivity index (χ2v) is 9.85. The zero-order valence-corrected chi connectivity index (χ0v) is 18.4. The Hall–Kier alpha value is -1.85. The van der Waals surface area contributed by atoms with Gasteiger partial charge in [-0.25, -0.2) is 0 Å². The van der Waals surface area contributed by atoms with Crippen LogP contribution in [0.4, 0.5) is 5.69 Å². The fraction of sp³-hybridized carbons (Fsp3) is 0.455. The van der Waals surface area contributed by atoms with Crippen molar-refractivity contribution in [2.45, 2.75) is 64.6 Å². The van der Waals surface area contributed by atoms with Gasteiger partial charge in [0.2, 0.25) is 0 Å². The number of nitrogens with zero attached hydrogens (tertiary/aromatic N) is 1. The molecule has 1 aromatic carbocycles. The van der Waals surface area contributed by atoms with E-state index in [9.17, 15) is 9.59 Å². The van der Waals surface area contributed by atoms with E-state index >= 15 is 0 Å². The van der Waals surface area contributed by atoms with Gasteiger partial charge in [0.05, 0.1) is 14.8 Å². The Morgan fingerprint density at radius 1 is 1.11 bits per heavy atom. The molecule has 150 valence electrons. The molecule has 0 bridgehead atoms. The number of anilines is 1. The van der Waals surface area contributed by atoms with E-state index < -0.39 is 5.54 Å². The first-order valence-corrected chi connectivity index (χ1v) is 10.9. The number of rotatable bonds is 6. The lowest BCUT2D eigenvalue weighted by atomic mass is 9.93. The number of hydrogen-bond acceptors (Lipinski definition) is 4. The van der Waals surface area contributed by atoms with Crippen LogP contribution in [0.3, 0.4) is 0 Å². The van der Waals surface area contributed by atoms with E-state index in [4.69, 9.17) is 11.6 Å². The fourth-order valence-electron chi connectivity index (χ4n) is 3.75. The maximum atomic E-state index is 12.8. The van der Waals surface area contributed by atoms with Crippen LogP contribution in [0.25, 0.3) is 0 Å². The number of halogens is 1. The van der Waals surface area contributed by atoms with Gasteiger partial charge in [0.25, 0.3) is 5.91 Å². The van der Waals surface area contributed by atoms with Gasteiger partial charge in [0, 0.05) is 24.2 Å². The largest absolute Gasteiger partial charge is 0.366 e. The highest BCUT2D eigenvalue weighted by Crippen LogP contribution is 2.30. The van der Waals surface area contributed by atoms with Crippen molar-refractivity contribution in [2.24, 2.45) is 0 Å². The van der Waals surface area contributed by atoms with Crippen molar-refractivity contribution in [3.05, 3.63) is 51.2 Å². The van der Waals surface area contributed by atoms with E-state index in [1.165, 1.54) is 29.9 Å². The molecular weight excluding hydrogens is 392 g/mol. The lowest BCUT2D eigenvalue weighted by Gasteiger charge is -2.29. The lowest BCUT2D eigenvalue weighted by Crippen LogP contribution is -2.50. The molecule has 1 aliphatic heterocycles. The normalized spacial score (nSPS) is 19.7. The van der Waals surface area contributed by atoms with Crippen molar-refractivity contribution in [3.8, 4) is 0 Å². The molecule has 28 heavy (non-hydrogen) atoms. The molecule has 1 saturated heterocycles. The number of Topliss-reactive ketones (excluding diaryl/α,β-unsaturated/α-hetero) is 1. The van der Waals surface area contributed by atoms with Crippen molar-refractivity contribution >= 4 is 40.3 Å². The number of thiophene rings is 1. The average molecular weight is 419 g/mol. The van der Waals surface area contributed by atoms with Gasteiger partial charge in [0.15, 0.2) is 5.78 Å². The highest BCUT2D eigenvalue weighted by atomic mass is 35.5. The molecule has 2 aromatic rings. The van der Waals surface area contributed by atoms with Crippen LogP contribution in [0.1, 0.15) is 55.8 Å². The van der Waals surface area contributed by atoms with Crippen LogP contribution >= 0.6 is 22.9 Å². The van der Waals surface area contributed by atoms with Crippen molar-refractivity contribution in [1.29, 1.82) is 0 Å². The first-order chi connectivity index (χ1) is 13.2. The monoisotopic (exact) mass is 418 g/mol. The smallest absolute Gasteiger partial charge is 0.262 e. The maximum Gasteiger partial charge on any atom is 0.262 e. The summed E-state index contributed by atoms with van der Waals surface area (Å²) in [5.41, 5.74) is 1.20. The summed E-state index contributed by atoms with van der Waals surface area (Å²) in [5, 5.41) is 2.83. The number of nitrogens with one attached hydrogen (secondary N) is 1. The minimum Gasteiger partial charge on any atom is -0.366 e. The predicted molar refractivity (Wildman–Crippen MR) is 117 cm³/mol. The minimum absolute atomic E-state index is 0.0286. The molecule has 1 aromatic heterocycles. The third kappa shape index (κ3) is 4.58. The Morgan fingerprint density at radius 2 is 1.71 bits per heavy atom. The van der Waals surface area contributed by atoms with Gasteiger partial charge >= 0.3 is 0 Å². The molecule has 3 rings (SSSR count). The summed E-state index contributed by atoms with van der Waals surface area (Å²) in [4.78, 5) is 28.1. The molecule has 1 N–H and O–H groups in total. The number of hydrogen-bond donors (Lipinski definition) is 1. The standard InChI is InChI=1S/C22H27ClN2O2S/c1-14-5-6-15(2)25(14)17-9-7-16(8-10-17)13-19(26)22(3,4)24-21(27)18-11-12-20(23)28-18/h7-12,14-15H,5-6,13H2,1-4H3,(H,24,27). The molecular formula is C22H27ClN2O2S. The third-order valence-electron chi connectivity index (χ3n) is 5.47. The number of ketones is 1. The summed E-state index contributed by atoms with van der Waals surface area (Å²) in [6.07, 6.45) is 2.71. The average Bonchev–Trinajstić information content (AvgIpc) is 3.21. The fourth-order valence-corrected chi connectivity index (χ4v) is 4.69. The van der Waals surface area contributed by atoms with Crippen molar-refractivity contribution in [3.63, 3.8) is 0 Å². The second kappa shape index (κ2) is 8.26. The number of amides is 1. The highest BCUT2D eigenvalue weighted by molar-refractivity contribution is 7.18. The van der Waals surface area contributed by atoms with Gasteiger partial charge in [-0.2, -0.15) is 0 Å². The summed E-state index contributed by atoms with van der Waals surface area (Å²) in [6.45, 7) is 7.99. The van der Waals surface area contributed by atoms with Crippen molar-refractivity contribution in [1.82, 2.24) is 5.32 Å². The van der Waals surface area contributed by atoms with E-state index in [1.54, 1.807) is 26.0 Å². The van der Waals surface area contributed by atoms with E-state index in [0.717, 1.165) is 5.56 Å². The summed E-state index contributed by atoms with van der Waals surface area (Å²) in [7, 11) is 0. The molecule has 2 atom stereocenters. The highest BCUT2D eigenvalue weighted by Gasteiger charge is 2.30. The van der Waals surface area contributed by atoms with Crippen LogP contribution in [0.2, 0.25) is 4.34 Å². The second-order valence-electron chi connectivity index (χ2n) is 8.13.